The zero-order chi connectivity index (χ0) is 24.9. The number of carbonyl (C=O) groups excluding carboxylic acids is 1. The molecule has 0 radical (unpaired) electrons. The SMILES string of the molecule is Cc1nc(-n2ccc(OCc3nnc(-c4ccccc4)o3)cc2=O)sc1C(=O)CCc1ccccc1. The monoisotopic (exact) mass is 498 g/mol. The summed E-state index contributed by atoms with van der Waals surface area (Å²) in [4.78, 5) is 30.6. The zero-order valence-corrected chi connectivity index (χ0v) is 20.3. The molecule has 0 bridgehead atoms. The average Bonchev–Trinajstić information content (AvgIpc) is 3.54. The summed E-state index contributed by atoms with van der Waals surface area (Å²) < 4.78 is 12.7. The van der Waals surface area contributed by atoms with Gasteiger partial charge >= 0.3 is 0 Å². The maximum Gasteiger partial charge on any atom is 0.260 e. The normalized spacial score (nSPS) is 10.9. The Morgan fingerprint density at radius 3 is 2.53 bits per heavy atom. The summed E-state index contributed by atoms with van der Waals surface area (Å²) in [6.07, 6.45) is 2.62. The van der Waals surface area contributed by atoms with Gasteiger partial charge < -0.3 is 9.15 Å². The minimum absolute atomic E-state index is 0.0162. The highest BCUT2D eigenvalue weighted by Gasteiger charge is 2.17. The summed E-state index contributed by atoms with van der Waals surface area (Å²) in [7, 11) is 0. The van der Waals surface area contributed by atoms with Crippen molar-refractivity contribution < 1.29 is 13.9 Å². The Morgan fingerprint density at radius 1 is 1.03 bits per heavy atom. The Morgan fingerprint density at radius 2 is 1.78 bits per heavy atom. The van der Waals surface area contributed by atoms with Gasteiger partial charge in [-0.05, 0) is 37.1 Å². The van der Waals surface area contributed by atoms with Crippen LogP contribution in [0.2, 0.25) is 0 Å². The van der Waals surface area contributed by atoms with Gasteiger partial charge in [-0.3, -0.25) is 14.2 Å². The standard InChI is InChI=1S/C27H22N4O4S/c1-18-25(22(32)13-12-19-8-4-2-5-9-19)36-27(28-18)31-15-14-21(16-24(31)33)34-17-23-29-30-26(35-23)20-10-6-3-7-11-20/h2-11,14-16H,12-13,17H2,1H3. The minimum atomic E-state index is -0.319. The van der Waals surface area contributed by atoms with Crippen LogP contribution in [-0.4, -0.2) is 25.5 Å². The van der Waals surface area contributed by atoms with Gasteiger partial charge in [-0.2, -0.15) is 0 Å². The number of pyridine rings is 1. The number of ether oxygens (including phenoxy) is 1. The van der Waals surface area contributed by atoms with Gasteiger partial charge in [-0.15, -0.1) is 10.2 Å². The van der Waals surface area contributed by atoms with Crippen molar-refractivity contribution in [2.24, 2.45) is 0 Å². The number of rotatable bonds is 9. The fourth-order valence-corrected chi connectivity index (χ4v) is 4.65. The molecule has 9 heteroatoms. The molecule has 0 N–H and O–H groups in total. The van der Waals surface area contributed by atoms with Crippen LogP contribution >= 0.6 is 11.3 Å². The lowest BCUT2D eigenvalue weighted by molar-refractivity contribution is 0.0986. The molecular formula is C27H22N4O4S. The third-order valence-corrected chi connectivity index (χ3v) is 6.67. The number of carbonyl (C=O) groups is 1. The van der Waals surface area contributed by atoms with Crippen LogP contribution in [0.15, 0.2) is 88.2 Å². The van der Waals surface area contributed by atoms with Gasteiger partial charge in [0.2, 0.25) is 5.89 Å². The van der Waals surface area contributed by atoms with Crippen LogP contribution in [0.5, 0.6) is 5.75 Å². The highest BCUT2D eigenvalue weighted by atomic mass is 32.1. The molecule has 0 aliphatic rings. The Hall–Kier alpha value is -4.37. The number of aromatic nitrogens is 4. The second-order valence-corrected chi connectivity index (χ2v) is 9.02. The van der Waals surface area contributed by atoms with E-state index < -0.39 is 0 Å². The first-order chi connectivity index (χ1) is 17.6. The largest absolute Gasteiger partial charge is 0.484 e. The highest BCUT2D eigenvalue weighted by molar-refractivity contribution is 7.16. The highest BCUT2D eigenvalue weighted by Crippen LogP contribution is 2.24. The molecule has 0 saturated carbocycles. The van der Waals surface area contributed by atoms with E-state index >= 15 is 0 Å². The fourth-order valence-electron chi connectivity index (χ4n) is 3.62. The molecule has 0 aliphatic carbocycles. The van der Waals surface area contributed by atoms with E-state index in [-0.39, 0.29) is 17.9 Å². The number of aryl methyl sites for hydroxylation is 2. The minimum Gasteiger partial charge on any atom is -0.484 e. The molecule has 5 aromatic rings. The number of thiazole rings is 1. The predicted molar refractivity (Wildman–Crippen MR) is 136 cm³/mol. The summed E-state index contributed by atoms with van der Waals surface area (Å²) >= 11 is 1.21. The molecule has 5 rings (SSSR count). The van der Waals surface area contributed by atoms with Crippen molar-refractivity contribution in [2.75, 3.05) is 0 Å². The van der Waals surface area contributed by atoms with Gasteiger partial charge in [-0.25, -0.2) is 4.98 Å². The maximum atomic E-state index is 12.8. The second kappa shape index (κ2) is 10.5. The molecule has 0 atom stereocenters. The molecule has 3 heterocycles. The van der Waals surface area contributed by atoms with Gasteiger partial charge in [0, 0.05) is 24.2 Å². The number of hydrogen-bond acceptors (Lipinski definition) is 8. The maximum absolute atomic E-state index is 12.8. The van der Waals surface area contributed by atoms with E-state index in [1.807, 2.05) is 60.7 Å². The van der Waals surface area contributed by atoms with E-state index in [0.29, 0.717) is 46.1 Å². The van der Waals surface area contributed by atoms with Crippen molar-refractivity contribution in [1.82, 2.24) is 19.7 Å². The Bertz CT molecular complexity index is 1540. The van der Waals surface area contributed by atoms with Crippen molar-refractivity contribution >= 4 is 17.1 Å². The first-order valence-electron chi connectivity index (χ1n) is 11.3. The van der Waals surface area contributed by atoms with E-state index in [2.05, 4.69) is 15.2 Å². The number of hydrogen-bond donors (Lipinski definition) is 0. The Kier molecular flexibility index (Phi) is 6.81. The molecule has 0 aliphatic heterocycles. The van der Waals surface area contributed by atoms with Crippen molar-refractivity contribution in [3.63, 3.8) is 0 Å². The fraction of sp³-hybridized carbons (Fsp3) is 0.148. The van der Waals surface area contributed by atoms with Crippen molar-refractivity contribution in [3.8, 4) is 22.3 Å². The second-order valence-electron chi connectivity index (χ2n) is 8.05. The van der Waals surface area contributed by atoms with Crippen LogP contribution in [0.4, 0.5) is 0 Å². The topological polar surface area (TPSA) is 100 Å². The summed E-state index contributed by atoms with van der Waals surface area (Å²) in [5.41, 5.74) is 2.22. The molecule has 0 spiro atoms. The van der Waals surface area contributed by atoms with E-state index in [1.165, 1.54) is 22.0 Å². The quantitative estimate of drug-likeness (QED) is 0.262. The molecule has 3 aromatic heterocycles. The summed E-state index contributed by atoms with van der Waals surface area (Å²) in [6.45, 7) is 1.81. The first kappa shape index (κ1) is 23.4. The van der Waals surface area contributed by atoms with Crippen molar-refractivity contribution in [3.05, 3.63) is 111 Å². The third kappa shape index (κ3) is 5.31. The van der Waals surface area contributed by atoms with Crippen LogP contribution in [0, 0.1) is 6.92 Å². The number of ketones is 1. The van der Waals surface area contributed by atoms with E-state index in [9.17, 15) is 9.59 Å². The van der Waals surface area contributed by atoms with Crippen LogP contribution in [0.25, 0.3) is 16.6 Å². The molecule has 0 amide bonds. The lowest BCUT2D eigenvalue weighted by Gasteiger charge is -2.05. The molecule has 0 saturated heterocycles. The van der Waals surface area contributed by atoms with Gasteiger partial charge in [0.25, 0.3) is 11.4 Å². The lowest BCUT2D eigenvalue weighted by Crippen LogP contribution is -2.16. The summed E-state index contributed by atoms with van der Waals surface area (Å²) in [5, 5.41) is 8.46. The van der Waals surface area contributed by atoms with Gasteiger partial charge in [0.15, 0.2) is 17.5 Å². The molecular weight excluding hydrogens is 476 g/mol. The third-order valence-electron chi connectivity index (χ3n) is 5.47. The first-order valence-corrected chi connectivity index (χ1v) is 12.2. The Balaban J connectivity index is 1.24. The van der Waals surface area contributed by atoms with Crippen LogP contribution in [0.1, 0.15) is 33.2 Å². The van der Waals surface area contributed by atoms with E-state index in [4.69, 9.17) is 9.15 Å². The van der Waals surface area contributed by atoms with Crippen LogP contribution in [-0.2, 0) is 13.0 Å². The molecule has 8 nitrogen and oxygen atoms in total. The summed E-state index contributed by atoms with van der Waals surface area (Å²) in [5.74, 6) is 1.08. The van der Waals surface area contributed by atoms with Crippen LogP contribution in [0.3, 0.4) is 0 Å². The van der Waals surface area contributed by atoms with Gasteiger partial charge in [0.05, 0.1) is 10.6 Å². The zero-order valence-electron chi connectivity index (χ0n) is 19.5. The Labute approximate surface area is 210 Å². The molecule has 0 unspecified atom stereocenters. The van der Waals surface area contributed by atoms with E-state index in [1.54, 1.807) is 19.2 Å². The summed E-state index contributed by atoms with van der Waals surface area (Å²) in [6, 6.07) is 22.3. The predicted octanol–water partition coefficient (Wildman–Crippen LogP) is 5.05. The van der Waals surface area contributed by atoms with Gasteiger partial charge in [-0.1, -0.05) is 59.9 Å². The van der Waals surface area contributed by atoms with E-state index in [0.717, 1.165) is 11.1 Å². The molecule has 36 heavy (non-hydrogen) atoms. The average molecular weight is 499 g/mol. The number of nitrogens with zero attached hydrogens (tertiary/aromatic N) is 4. The number of benzene rings is 2. The van der Waals surface area contributed by atoms with Crippen molar-refractivity contribution in [1.29, 1.82) is 0 Å². The smallest absolute Gasteiger partial charge is 0.260 e. The number of Topliss-reactive ketones (excluding diaryl/α,β-unsaturated/α-hetero) is 1. The molecule has 2 aromatic carbocycles. The molecule has 0 fully saturated rings. The van der Waals surface area contributed by atoms with Crippen LogP contribution < -0.4 is 10.3 Å². The van der Waals surface area contributed by atoms with Crippen molar-refractivity contribution in [2.45, 2.75) is 26.4 Å². The van der Waals surface area contributed by atoms with Gasteiger partial charge in [0.1, 0.15) is 5.75 Å². The molecule has 180 valence electrons. The lowest BCUT2D eigenvalue weighted by atomic mass is 10.1.